The van der Waals surface area contributed by atoms with Crippen LogP contribution in [0.2, 0.25) is 0 Å². The molecule has 150 valence electrons. The first-order chi connectivity index (χ1) is 12.4. The minimum atomic E-state index is -0.852. The van der Waals surface area contributed by atoms with E-state index in [1.807, 2.05) is 12.2 Å². The Labute approximate surface area is 156 Å². The van der Waals surface area contributed by atoms with Gasteiger partial charge >= 0.3 is 5.97 Å². The summed E-state index contributed by atoms with van der Waals surface area (Å²) in [4.78, 5) is 10.4. The highest BCUT2D eigenvalue weighted by Gasteiger charge is 2.36. The van der Waals surface area contributed by atoms with Crippen molar-refractivity contribution >= 4 is 5.97 Å². The second kappa shape index (κ2) is 13.0. The third kappa shape index (κ3) is 9.48. The topological polar surface area (TPSA) is 107 Å². The summed E-state index contributed by atoms with van der Waals surface area (Å²) in [6, 6.07) is 0. The number of aliphatic carboxylic acids is 1. The van der Waals surface area contributed by atoms with E-state index in [-0.39, 0.29) is 12.5 Å². The van der Waals surface area contributed by atoms with Crippen molar-refractivity contribution < 1.29 is 30.0 Å². The number of rotatable bonds is 13. The van der Waals surface area contributed by atoms with Gasteiger partial charge in [-0.1, -0.05) is 50.5 Å². The lowest BCUT2D eigenvalue weighted by atomic mass is 10.0. The van der Waals surface area contributed by atoms with Crippen LogP contribution in [-0.2, 0) is 9.53 Å². The maximum atomic E-state index is 10.4. The highest BCUT2D eigenvalue weighted by Crippen LogP contribution is 2.26. The van der Waals surface area contributed by atoms with Crippen LogP contribution >= 0.6 is 0 Å². The fourth-order valence-electron chi connectivity index (χ4n) is 2.98. The molecule has 0 bridgehead atoms. The van der Waals surface area contributed by atoms with Crippen molar-refractivity contribution in [2.24, 2.45) is 0 Å². The molecule has 0 aliphatic carbocycles. The first-order valence-corrected chi connectivity index (χ1v) is 9.68. The van der Waals surface area contributed by atoms with Gasteiger partial charge in [-0.2, -0.15) is 0 Å². The van der Waals surface area contributed by atoms with E-state index in [2.05, 4.69) is 6.92 Å². The Kier molecular flexibility index (Phi) is 11.4. The molecular formula is C20H34O6. The van der Waals surface area contributed by atoms with E-state index in [0.29, 0.717) is 32.1 Å². The van der Waals surface area contributed by atoms with Crippen molar-refractivity contribution in [3.05, 3.63) is 24.3 Å². The number of allylic oxidation sites excluding steroid dienone is 1. The number of carbonyl (C=O) groups is 1. The Morgan fingerprint density at radius 3 is 2.65 bits per heavy atom. The lowest BCUT2D eigenvalue weighted by Crippen LogP contribution is -2.24. The Bertz CT molecular complexity index is 448. The molecule has 0 aromatic heterocycles. The molecule has 1 aliphatic heterocycles. The summed E-state index contributed by atoms with van der Waals surface area (Å²) in [5.41, 5.74) is 0. The van der Waals surface area contributed by atoms with Gasteiger partial charge in [0, 0.05) is 12.8 Å². The van der Waals surface area contributed by atoms with Crippen molar-refractivity contribution in [1.29, 1.82) is 0 Å². The normalized spacial score (nSPS) is 25.9. The number of carboxylic acid groups (broad SMARTS) is 1. The predicted octanol–water partition coefficient (Wildman–Crippen LogP) is 2.56. The van der Waals surface area contributed by atoms with E-state index in [9.17, 15) is 20.1 Å². The van der Waals surface area contributed by atoms with E-state index in [1.54, 1.807) is 12.2 Å². The van der Waals surface area contributed by atoms with Gasteiger partial charge in [-0.25, -0.2) is 0 Å². The van der Waals surface area contributed by atoms with Gasteiger partial charge in [0.1, 0.15) is 0 Å². The zero-order valence-electron chi connectivity index (χ0n) is 15.7. The minimum absolute atomic E-state index is 0.151. The third-order valence-electron chi connectivity index (χ3n) is 4.56. The van der Waals surface area contributed by atoms with Crippen molar-refractivity contribution in [3.8, 4) is 0 Å². The highest BCUT2D eigenvalue weighted by molar-refractivity contribution is 5.66. The van der Waals surface area contributed by atoms with Crippen molar-refractivity contribution in [2.45, 2.75) is 95.2 Å². The van der Waals surface area contributed by atoms with Gasteiger partial charge in [0.05, 0.1) is 30.5 Å². The second-order valence-electron chi connectivity index (χ2n) is 6.95. The molecule has 0 radical (unpaired) electrons. The Hall–Kier alpha value is -1.21. The summed E-state index contributed by atoms with van der Waals surface area (Å²) in [6.07, 6.45) is 10.2. The summed E-state index contributed by atoms with van der Waals surface area (Å²) in [7, 11) is 0. The van der Waals surface area contributed by atoms with Crippen molar-refractivity contribution in [1.82, 2.24) is 0 Å². The van der Waals surface area contributed by atoms with Crippen LogP contribution in [0.3, 0.4) is 0 Å². The highest BCUT2D eigenvalue weighted by atomic mass is 16.5. The number of aliphatic hydroxyl groups is 3. The van der Waals surface area contributed by atoms with Crippen LogP contribution in [0, 0.1) is 0 Å². The standard InChI is InChI=1S/C20H34O6/c1-2-3-6-9-15(21)12-13-16(22)19-14-17(23)18(26-19)10-7-4-5-8-11-20(24)25/h4,7,12-13,15-19,21-23H,2-3,5-6,8-11,14H2,1H3,(H,24,25)/b7-4-,13-12+/t15-,16+,17+,18-,19+/m0/s1. The average molecular weight is 370 g/mol. The monoisotopic (exact) mass is 370 g/mol. The van der Waals surface area contributed by atoms with Crippen LogP contribution in [0.4, 0.5) is 0 Å². The van der Waals surface area contributed by atoms with Gasteiger partial charge in [-0.05, 0) is 25.7 Å². The summed E-state index contributed by atoms with van der Waals surface area (Å²) < 4.78 is 5.73. The molecule has 4 N–H and O–H groups in total. The number of ether oxygens (including phenoxy) is 1. The first-order valence-electron chi connectivity index (χ1n) is 9.68. The third-order valence-corrected chi connectivity index (χ3v) is 4.56. The molecule has 0 aromatic carbocycles. The molecule has 26 heavy (non-hydrogen) atoms. The molecule has 1 aliphatic rings. The number of carboxylic acids is 1. The zero-order valence-corrected chi connectivity index (χ0v) is 15.7. The average Bonchev–Trinajstić information content (AvgIpc) is 2.97. The van der Waals surface area contributed by atoms with Crippen molar-refractivity contribution in [2.75, 3.05) is 0 Å². The number of hydrogen-bond donors (Lipinski definition) is 4. The van der Waals surface area contributed by atoms with Gasteiger partial charge < -0.3 is 25.2 Å². The number of unbranched alkanes of at least 4 members (excludes halogenated alkanes) is 3. The van der Waals surface area contributed by atoms with E-state index >= 15 is 0 Å². The molecule has 6 nitrogen and oxygen atoms in total. The minimum Gasteiger partial charge on any atom is -0.481 e. The second-order valence-corrected chi connectivity index (χ2v) is 6.95. The van der Waals surface area contributed by atoms with Crippen LogP contribution in [0.1, 0.15) is 64.7 Å². The number of aliphatic hydroxyl groups excluding tert-OH is 3. The molecule has 1 saturated heterocycles. The SMILES string of the molecule is CCCCC[C@H](O)/C=C/[C@@H](O)[C@H]1C[C@@H](O)[C@H](C/C=C\CCCC(=O)O)O1. The molecule has 0 unspecified atom stereocenters. The van der Waals surface area contributed by atoms with Crippen LogP contribution in [0.5, 0.6) is 0 Å². The van der Waals surface area contributed by atoms with Crippen LogP contribution in [0.25, 0.3) is 0 Å². The Balaban J connectivity index is 2.30. The summed E-state index contributed by atoms with van der Waals surface area (Å²) in [5, 5.41) is 38.7. The van der Waals surface area contributed by atoms with E-state index < -0.39 is 30.4 Å². The fourth-order valence-corrected chi connectivity index (χ4v) is 2.98. The maximum absolute atomic E-state index is 10.4. The lowest BCUT2D eigenvalue weighted by molar-refractivity contribution is -0.137. The molecule has 0 amide bonds. The van der Waals surface area contributed by atoms with Gasteiger partial charge in [0.2, 0.25) is 0 Å². The largest absolute Gasteiger partial charge is 0.481 e. The Morgan fingerprint density at radius 1 is 1.19 bits per heavy atom. The summed E-state index contributed by atoms with van der Waals surface area (Å²) in [5.74, 6) is -0.798. The molecule has 1 rings (SSSR count). The molecule has 1 heterocycles. The molecule has 0 saturated carbocycles. The molecule has 0 aromatic rings. The van der Waals surface area contributed by atoms with Crippen molar-refractivity contribution in [3.63, 3.8) is 0 Å². The molecule has 5 atom stereocenters. The Morgan fingerprint density at radius 2 is 1.96 bits per heavy atom. The molecule has 0 spiro atoms. The predicted molar refractivity (Wildman–Crippen MR) is 99.8 cm³/mol. The molecular weight excluding hydrogens is 336 g/mol. The van der Waals surface area contributed by atoms with Gasteiger partial charge in [-0.3, -0.25) is 4.79 Å². The molecule has 6 heteroatoms. The van der Waals surface area contributed by atoms with Crippen LogP contribution < -0.4 is 0 Å². The van der Waals surface area contributed by atoms with E-state index in [4.69, 9.17) is 9.84 Å². The fraction of sp³-hybridized carbons (Fsp3) is 0.750. The summed E-state index contributed by atoms with van der Waals surface area (Å²) in [6.45, 7) is 2.11. The number of hydrogen-bond acceptors (Lipinski definition) is 5. The van der Waals surface area contributed by atoms with E-state index in [0.717, 1.165) is 19.3 Å². The van der Waals surface area contributed by atoms with Gasteiger partial charge in [-0.15, -0.1) is 0 Å². The van der Waals surface area contributed by atoms with Crippen LogP contribution in [0.15, 0.2) is 24.3 Å². The van der Waals surface area contributed by atoms with Gasteiger partial charge in [0.15, 0.2) is 0 Å². The maximum Gasteiger partial charge on any atom is 0.303 e. The quantitative estimate of drug-likeness (QED) is 0.293. The smallest absolute Gasteiger partial charge is 0.303 e. The lowest BCUT2D eigenvalue weighted by Gasteiger charge is -2.16. The van der Waals surface area contributed by atoms with Crippen LogP contribution in [-0.4, -0.2) is 56.9 Å². The first kappa shape index (κ1) is 22.8. The zero-order chi connectivity index (χ0) is 19.4. The van der Waals surface area contributed by atoms with Gasteiger partial charge in [0.25, 0.3) is 0 Å². The van der Waals surface area contributed by atoms with E-state index in [1.165, 1.54) is 0 Å². The summed E-state index contributed by atoms with van der Waals surface area (Å²) >= 11 is 0. The molecule has 1 fully saturated rings.